The van der Waals surface area contributed by atoms with E-state index in [9.17, 15) is 10.2 Å². The van der Waals surface area contributed by atoms with Gasteiger partial charge in [-0.15, -0.1) is 0 Å². The van der Waals surface area contributed by atoms with Gasteiger partial charge in [-0.2, -0.15) is 0 Å². The number of rotatable bonds is 22. The molecule has 0 aromatic heterocycles. The lowest BCUT2D eigenvalue weighted by Crippen LogP contribution is -2.66. The van der Waals surface area contributed by atoms with Gasteiger partial charge >= 0.3 is 0 Å². The summed E-state index contributed by atoms with van der Waals surface area (Å²) in [5.74, 6) is 0. The standard InChI is InChI=1S/C54H58O11/c55-47-50(61-35-43-27-15-5-16-28-43)48(59-33-41-23-11-3-12-24-41)46(38-58-32-40-21-9-2-10-22-40)64-54(47)65-51-49(60-34-42-25-13-4-14-26-42)45(37-57-31-39-19-7-1-8-20-39)63-53(56)52(51)62-36-44-29-17-6-18-30-44/h1-30,45-56H,31-38H2/t45-,46-,47-,48+,49+,50-,51+,52-,53-,54+/m1/s1. The highest BCUT2D eigenvalue weighted by atomic mass is 16.7. The fraction of sp³-hybridized carbons (Fsp3) is 0.333. The van der Waals surface area contributed by atoms with Gasteiger partial charge in [-0.25, -0.2) is 0 Å². The Morgan fingerprint density at radius 1 is 0.338 bits per heavy atom. The Labute approximate surface area is 381 Å². The Balaban J connectivity index is 1.11. The number of aliphatic hydroxyl groups excluding tert-OH is 2. The minimum Gasteiger partial charge on any atom is -0.385 e. The van der Waals surface area contributed by atoms with Gasteiger partial charge in [0, 0.05) is 0 Å². The normalized spacial score (nSPS) is 25.6. The van der Waals surface area contributed by atoms with Crippen LogP contribution in [0.2, 0.25) is 0 Å². The summed E-state index contributed by atoms with van der Waals surface area (Å²) in [7, 11) is 0. The zero-order valence-corrected chi connectivity index (χ0v) is 36.3. The molecule has 0 amide bonds. The first-order chi connectivity index (χ1) is 32.1. The molecule has 340 valence electrons. The average Bonchev–Trinajstić information content (AvgIpc) is 3.35. The molecule has 2 aliphatic rings. The fourth-order valence-electron chi connectivity index (χ4n) is 8.05. The van der Waals surface area contributed by atoms with Crippen LogP contribution < -0.4 is 0 Å². The van der Waals surface area contributed by atoms with Crippen molar-refractivity contribution in [3.63, 3.8) is 0 Å². The Morgan fingerprint density at radius 2 is 0.646 bits per heavy atom. The molecule has 0 saturated carbocycles. The maximum atomic E-state index is 12.5. The molecule has 0 aliphatic carbocycles. The van der Waals surface area contributed by atoms with Gasteiger partial charge in [-0.3, -0.25) is 0 Å². The summed E-state index contributed by atoms with van der Waals surface area (Å²) in [4.78, 5) is 0. The van der Waals surface area contributed by atoms with E-state index in [1.165, 1.54) is 0 Å². The lowest BCUT2D eigenvalue weighted by atomic mass is 9.96. The van der Waals surface area contributed by atoms with Crippen LogP contribution in [0.15, 0.2) is 182 Å². The Bertz CT molecular complexity index is 2210. The Morgan fingerprint density at radius 3 is 1.03 bits per heavy atom. The van der Waals surface area contributed by atoms with Crippen LogP contribution in [0, 0.1) is 0 Å². The number of benzene rings is 6. The molecule has 2 saturated heterocycles. The molecule has 65 heavy (non-hydrogen) atoms. The van der Waals surface area contributed by atoms with Crippen molar-refractivity contribution < 1.29 is 52.8 Å². The van der Waals surface area contributed by atoms with Crippen LogP contribution in [0.1, 0.15) is 33.4 Å². The highest BCUT2D eigenvalue weighted by Gasteiger charge is 2.53. The SMILES string of the molecule is O[C@H]1[C@H](O[C@@H]2[C@@H](OCc3ccccc3)[C@H](O)O[C@H](COCc3ccccc3)[C@@H]2OCc2ccccc2)O[C@H](COCc2ccccc2)[C@H](OCc2ccccc2)[C@@H]1OCc1ccccc1. The van der Waals surface area contributed by atoms with Gasteiger partial charge in [0.25, 0.3) is 0 Å². The van der Waals surface area contributed by atoms with Crippen molar-refractivity contribution in [1.29, 1.82) is 0 Å². The molecule has 10 atom stereocenters. The third kappa shape index (κ3) is 13.5. The summed E-state index contributed by atoms with van der Waals surface area (Å²) < 4.78 is 59.2. The van der Waals surface area contributed by atoms with Gasteiger partial charge in [0.05, 0.1) is 52.9 Å². The van der Waals surface area contributed by atoms with Gasteiger partial charge in [0.2, 0.25) is 0 Å². The topological polar surface area (TPSA) is 124 Å². The summed E-state index contributed by atoms with van der Waals surface area (Å²) in [6, 6.07) is 58.7. The Kier molecular flexibility index (Phi) is 17.4. The van der Waals surface area contributed by atoms with Gasteiger partial charge in [-0.05, 0) is 33.4 Å². The van der Waals surface area contributed by atoms with E-state index in [2.05, 4.69) is 0 Å². The zero-order valence-electron chi connectivity index (χ0n) is 36.3. The van der Waals surface area contributed by atoms with Gasteiger partial charge in [0.15, 0.2) is 12.6 Å². The minimum absolute atomic E-state index is 0.0545. The second-order valence-corrected chi connectivity index (χ2v) is 16.2. The van der Waals surface area contributed by atoms with Crippen LogP contribution >= 0.6 is 0 Å². The predicted octanol–water partition coefficient (Wildman–Crippen LogP) is 7.95. The lowest BCUT2D eigenvalue weighted by Gasteiger charge is -2.49. The number of hydrogen-bond acceptors (Lipinski definition) is 11. The molecule has 2 heterocycles. The molecule has 0 radical (unpaired) electrons. The Hall–Kier alpha value is -5.12. The van der Waals surface area contributed by atoms with E-state index in [0.717, 1.165) is 33.4 Å². The zero-order chi connectivity index (χ0) is 44.5. The van der Waals surface area contributed by atoms with Crippen molar-refractivity contribution in [3.8, 4) is 0 Å². The summed E-state index contributed by atoms with van der Waals surface area (Å²) in [5, 5.41) is 24.4. The van der Waals surface area contributed by atoms with Crippen LogP contribution in [-0.4, -0.2) is 84.8 Å². The van der Waals surface area contributed by atoms with Gasteiger partial charge in [0.1, 0.15) is 48.8 Å². The number of ether oxygens (including phenoxy) is 9. The second-order valence-electron chi connectivity index (χ2n) is 16.2. The van der Waals surface area contributed by atoms with E-state index in [-0.39, 0.29) is 39.6 Å². The fourth-order valence-corrected chi connectivity index (χ4v) is 8.05. The van der Waals surface area contributed by atoms with E-state index >= 15 is 0 Å². The van der Waals surface area contributed by atoms with Crippen LogP contribution in [0.3, 0.4) is 0 Å². The van der Waals surface area contributed by atoms with Crippen LogP contribution in [0.25, 0.3) is 0 Å². The van der Waals surface area contributed by atoms with Crippen molar-refractivity contribution in [2.75, 3.05) is 13.2 Å². The predicted molar refractivity (Wildman–Crippen MR) is 243 cm³/mol. The highest BCUT2D eigenvalue weighted by molar-refractivity contribution is 5.18. The van der Waals surface area contributed by atoms with Crippen molar-refractivity contribution in [2.24, 2.45) is 0 Å². The van der Waals surface area contributed by atoms with Gasteiger partial charge < -0.3 is 52.8 Å². The molecule has 11 nitrogen and oxygen atoms in total. The van der Waals surface area contributed by atoms with Crippen LogP contribution in [0.5, 0.6) is 0 Å². The number of hydrogen-bond donors (Lipinski definition) is 2. The summed E-state index contributed by atoms with van der Waals surface area (Å²) >= 11 is 0. The molecular formula is C54H58O11. The summed E-state index contributed by atoms with van der Waals surface area (Å²) in [5.41, 5.74) is 5.62. The molecule has 2 aliphatic heterocycles. The highest BCUT2D eigenvalue weighted by Crippen LogP contribution is 2.35. The molecule has 2 N–H and O–H groups in total. The minimum atomic E-state index is -1.47. The van der Waals surface area contributed by atoms with E-state index in [0.29, 0.717) is 13.2 Å². The molecule has 11 heteroatoms. The molecule has 0 spiro atoms. The van der Waals surface area contributed by atoms with E-state index in [1.54, 1.807) is 0 Å². The van der Waals surface area contributed by atoms with Crippen LogP contribution in [0.4, 0.5) is 0 Å². The van der Waals surface area contributed by atoms with Crippen molar-refractivity contribution >= 4 is 0 Å². The summed E-state index contributed by atoms with van der Waals surface area (Å²) in [6.07, 6.45) is -10.6. The molecule has 8 rings (SSSR count). The first-order valence-electron chi connectivity index (χ1n) is 22.3. The monoisotopic (exact) mass is 882 g/mol. The third-order valence-electron chi connectivity index (χ3n) is 11.4. The van der Waals surface area contributed by atoms with Gasteiger partial charge in [-0.1, -0.05) is 182 Å². The average molecular weight is 883 g/mol. The quantitative estimate of drug-likeness (QED) is 0.0691. The molecule has 6 aromatic carbocycles. The van der Waals surface area contributed by atoms with E-state index < -0.39 is 61.4 Å². The smallest absolute Gasteiger partial charge is 0.187 e. The molecule has 0 unspecified atom stereocenters. The van der Waals surface area contributed by atoms with Crippen LogP contribution in [-0.2, 0) is 82.3 Å². The van der Waals surface area contributed by atoms with E-state index in [1.807, 2.05) is 182 Å². The molecular weight excluding hydrogens is 825 g/mol. The third-order valence-corrected chi connectivity index (χ3v) is 11.4. The first-order valence-corrected chi connectivity index (χ1v) is 22.3. The van der Waals surface area contributed by atoms with E-state index in [4.69, 9.17) is 42.6 Å². The van der Waals surface area contributed by atoms with Crippen molar-refractivity contribution in [2.45, 2.75) is 101 Å². The number of aliphatic hydroxyl groups is 2. The molecule has 6 aromatic rings. The second kappa shape index (κ2) is 24.4. The van der Waals surface area contributed by atoms with Crippen molar-refractivity contribution in [1.82, 2.24) is 0 Å². The summed E-state index contributed by atoms with van der Waals surface area (Å²) in [6.45, 7) is 1.50. The first kappa shape index (κ1) is 46.4. The largest absolute Gasteiger partial charge is 0.385 e. The van der Waals surface area contributed by atoms with Crippen molar-refractivity contribution in [3.05, 3.63) is 215 Å². The molecule has 0 bridgehead atoms. The molecule has 2 fully saturated rings. The maximum Gasteiger partial charge on any atom is 0.187 e. The maximum absolute atomic E-state index is 12.5. The lowest BCUT2D eigenvalue weighted by molar-refractivity contribution is -0.371.